The maximum Gasteiger partial charge on any atom is 0.178 e. The Balaban J connectivity index is 1.72. The van der Waals surface area contributed by atoms with E-state index in [0.29, 0.717) is 24.0 Å². The van der Waals surface area contributed by atoms with Gasteiger partial charge in [0.25, 0.3) is 0 Å². The van der Waals surface area contributed by atoms with E-state index in [2.05, 4.69) is 6.92 Å². The Kier molecular flexibility index (Phi) is 2.66. The maximum absolute atomic E-state index is 12.3. The Labute approximate surface area is 125 Å². The van der Waals surface area contributed by atoms with Crippen LogP contribution in [0.1, 0.15) is 45.4 Å². The fourth-order valence-electron chi connectivity index (χ4n) is 5.62. The molecule has 0 aromatic carbocycles. The van der Waals surface area contributed by atoms with Crippen LogP contribution >= 0.6 is 0 Å². The van der Waals surface area contributed by atoms with Gasteiger partial charge in [-0.05, 0) is 73.7 Å². The second kappa shape index (κ2) is 4.16. The summed E-state index contributed by atoms with van der Waals surface area (Å²) in [5.74, 6) is 1.42. The van der Waals surface area contributed by atoms with E-state index < -0.39 is 5.60 Å². The fourth-order valence-corrected chi connectivity index (χ4v) is 5.62. The molecule has 0 aromatic heterocycles. The predicted octanol–water partition coefficient (Wildman–Crippen LogP) is 2.59. The van der Waals surface area contributed by atoms with Crippen molar-refractivity contribution in [1.82, 2.24) is 0 Å². The monoisotopic (exact) mass is 286 g/mol. The molecule has 0 aliphatic heterocycles. The molecule has 112 valence electrons. The van der Waals surface area contributed by atoms with Crippen molar-refractivity contribution in [3.8, 4) is 0 Å². The lowest BCUT2D eigenvalue weighted by Gasteiger charge is -2.54. The van der Waals surface area contributed by atoms with Gasteiger partial charge in [0.05, 0.1) is 0 Å². The van der Waals surface area contributed by atoms with Crippen molar-refractivity contribution in [2.45, 2.75) is 51.0 Å². The highest BCUT2D eigenvalue weighted by atomic mass is 16.3. The minimum Gasteiger partial charge on any atom is -0.381 e. The van der Waals surface area contributed by atoms with Gasteiger partial charge in [-0.2, -0.15) is 0 Å². The Morgan fingerprint density at radius 1 is 1.14 bits per heavy atom. The largest absolute Gasteiger partial charge is 0.381 e. The topological polar surface area (TPSA) is 54.4 Å². The van der Waals surface area contributed by atoms with Crippen LogP contribution in [0.5, 0.6) is 0 Å². The molecule has 0 radical (unpaired) electrons. The zero-order valence-electron chi connectivity index (χ0n) is 12.5. The van der Waals surface area contributed by atoms with Gasteiger partial charge in [0, 0.05) is 11.8 Å². The highest BCUT2D eigenvalue weighted by Crippen LogP contribution is 2.60. The van der Waals surface area contributed by atoms with Crippen LogP contribution in [0, 0.1) is 23.2 Å². The van der Waals surface area contributed by atoms with Crippen molar-refractivity contribution in [2.75, 3.05) is 0 Å². The zero-order valence-corrected chi connectivity index (χ0v) is 12.5. The first kappa shape index (κ1) is 13.4. The van der Waals surface area contributed by atoms with E-state index in [1.54, 1.807) is 12.2 Å². The molecule has 4 aliphatic carbocycles. The normalized spacial score (nSPS) is 48.5. The summed E-state index contributed by atoms with van der Waals surface area (Å²) in [7, 11) is 0. The number of hydrogen-bond acceptors (Lipinski definition) is 3. The lowest BCUT2D eigenvalue weighted by molar-refractivity contribution is -0.134. The number of rotatable bonds is 0. The first-order valence-corrected chi connectivity index (χ1v) is 8.15. The van der Waals surface area contributed by atoms with Crippen LogP contribution in [-0.4, -0.2) is 22.3 Å². The molecule has 5 atom stereocenters. The number of allylic oxidation sites excluding steroid dienone is 2. The molecule has 1 N–H and O–H groups in total. The highest BCUT2D eigenvalue weighted by Gasteiger charge is 2.59. The first-order chi connectivity index (χ1) is 9.95. The van der Waals surface area contributed by atoms with Crippen molar-refractivity contribution in [1.29, 1.82) is 0 Å². The summed E-state index contributed by atoms with van der Waals surface area (Å²) in [6.07, 6.45) is 10.1. The van der Waals surface area contributed by atoms with Gasteiger partial charge < -0.3 is 5.11 Å². The summed E-state index contributed by atoms with van der Waals surface area (Å²) in [6, 6.07) is 0. The standard InChI is InChI=1S/C18H22O3/c1-17-8-7-15-13(14(17)4-5-16(17)20)3-2-11-10-12(19)6-9-18(11,15)21/h6,9-10,13-15,21H,2-5,7-8H2,1H3/t13?,14?,15?,17-,18-/m0/s1. The van der Waals surface area contributed by atoms with Gasteiger partial charge in [-0.25, -0.2) is 0 Å². The number of fused-ring (bicyclic) bond motifs is 5. The Morgan fingerprint density at radius 2 is 1.95 bits per heavy atom. The third-order valence-electron chi connectivity index (χ3n) is 6.79. The van der Waals surface area contributed by atoms with Gasteiger partial charge in [-0.15, -0.1) is 0 Å². The molecule has 3 fully saturated rings. The molecule has 3 saturated carbocycles. The third kappa shape index (κ3) is 1.64. The number of carbonyl (C=O) groups excluding carboxylic acids is 2. The second-order valence-corrected chi connectivity index (χ2v) is 7.56. The smallest absolute Gasteiger partial charge is 0.178 e. The summed E-state index contributed by atoms with van der Waals surface area (Å²) < 4.78 is 0. The quantitative estimate of drug-likeness (QED) is 0.744. The summed E-state index contributed by atoms with van der Waals surface area (Å²) in [6.45, 7) is 2.14. The van der Waals surface area contributed by atoms with Crippen LogP contribution in [0.4, 0.5) is 0 Å². The number of Topliss-reactive ketones (excluding diaryl/α,β-unsaturated/α-hetero) is 1. The van der Waals surface area contributed by atoms with Crippen LogP contribution in [0.2, 0.25) is 0 Å². The summed E-state index contributed by atoms with van der Waals surface area (Å²) >= 11 is 0. The SMILES string of the molecule is C[C@]12CCC3C(CCC4=CC(=O)C=C[C@]43O)C1CCC2=O. The molecule has 0 spiro atoms. The van der Waals surface area contributed by atoms with Gasteiger partial charge in [0.1, 0.15) is 11.4 Å². The van der Waals surface area contributed by atoms with Gasteiger partial charge in [-0.1, -0.05) is 6.92 Å². The van der Waals surface area contributed by atoms with Crippen LogP contribution in [0.15, 0.2) is 23.8 Å². The highest BCUT2D eigenvalue weighted by molar-refractivity contribution is 6.01. The number of aliphatic hydroxyl groups is 1. The van der Waals surface area contributed by atoms with Crippen molar-refractivity contribution < 1.29 is 14.7 Å². The summed E-state index contributed by atoms with van der Waals surface area (Å²) in [4.78, 5) is 23.9. The van der Waals surface area contributed by atoms with Gasteiger partial charge >= 0.3 is 0 Å². The maximum atomic E-state index is 12.3. The number of ketones is 2. The molecule has 0 amide bonds. The molecule has 0 bridgehead atoms. The van der Waals surface area contributed by atoms with Gasteiger partial charge in [-0.3, -0.25) is 9.59 Å². The summed E-state index contributed by atoms with van der Waals surface area (Å²) in [5, 5.41) is 11.2. The van der Waals surface area contributed by atoms with Crippen LogP contribution < -0.4 is 0 Å². The molecule has 3 nitrogen and oxygen atoms in total. The van der Waals surface area contributed by atoms with Crippen molar-refractivity contribution >= 4 is 11.6 Å². The van der Waals surface area contributed by atoms with Crippen LogP contribution in [0.3, 0.4) is 0 Å². The number of hydrogen-bond donors (Lipinski definition) is 1. The van der Waals surface area contributed by atoms with E-state index in [-0.39, 0.29) is 17.1 Å². The van der Waals surface area contributed by atoms with E-state index in [1.165, 1.54) is 6.08 Å². The molecule has 3 heteroatoms. The minimum absolute atomic E-state index is 0.00943. The average molecular weight is 286 g/mol. The van der Waals surface area contributed by atoms with E-state index in [9.17, 15) is 14.7 Å². The van der Waals surface area contributed by atoms with Gasteiger partial charge in [0.15, 0.2) is 5.78 Å². The second-order valence-electron chi connectivity index (χ2n) is 7.56. The van der Waals surface area contributed by atoms with Crippen molar-refractivity contribution in [2.24, 2.45) is 23.2 Å². The van der Waals surface area contributed by atoms with E-state index in [1.807, 2.05) is 0 Å². The van der Waals surface area contributed by atoms with Crippen molar-refractivity contribution in [3.63, 3.8) is 0 Å². The minimum atomic E-state index is -0.941. The Bertz CT molecular complexity index is 587. The summed E-state index contributed by atoms with van der Waals surface area (Å²) in [5.41, 5.74) is -0.208. The van der Waals surface area contributed by atoms with E-state index in [4.69, 9.17) is 0 Å². The lowest BCUT2D eigenvalue weighted by atomic mass is 9.51. The lowest BCUT2D eigenvalue weighted by Crippen LogP contribution is -2.54. The molecule has 21 heavy (non-hydrogen) atoms. The average Bonchev–Trinajstić information content (AvgIpc) is 2.76. The van der Waals surface area contributed by atoms with E-state index >= 15 is 0 Å². The molecular weight excluding hydrogens is 264 g/mol. The predicted molar refractivity (Wildman–Crippen MR) is 78.5 cm³/mol. The fraction of sp³-hybridized carbons (Fsp3) is 0.667. The van der Waals surface area contributed by atoms with Crippen LogP contribution in [-0.2, 0) is 9.59 Å². The van der Waals surface area contributed by atoms with E-state index in [0.717, 1.165) is 37.7 Å². The Hall–Kier alpha value is -1.22. The molecule has 0 heterocycles. The molecule has 4 aliphatic rings. The molecule has 0 saturated heterocycles. The van der Waals surface area contributed by atoms with Gasteiger partial charge in [0.2, 0.25) is 0 Å². The zero-order chi connectivity index (χ0) is 14.8. The molecular formula is C18H22O3. The van der Waals surface area contributed by atoms with Crippen molar-refractivity contribution in [3.05, 3.63) is 23.8 Å². The first-order valence-electron chi connectivity index (χ1n) is 8.15. The molecule has 4 rings (SSSR count). The molecule has 0 aromatic rings. The third-order valence-corrected chi connectivity index (χ3v) is 6.79. The molecule has 3 unspecified atom stereocenters. The Morgan fingerprint density at radius 3 is 2.76 bits per heavy atom. The van der Waals surface area contributed by atoms with Crippen LogP contribution in [0.25, 0.3) is 0 Å². The number of carbonyl (C=O) groups is 2.